The van der Waals surface area contributed by atoms with Gasteiger partial charge in [-0.15, -0.1) is 24.8 Å². The molecule has 1 aliphatic heterocycles. The lowest BCUT2D eigenvalue weighted by molar-refractivity contribution is 0.0954. The first-order valence-corrected chi connectivity index (χ1v) is 7.61. The van der Waals surface area contributed by atoms with E-state index in [9.17, 15) is 4.79 Å². The van der Waals surface area contributed by atoms with Gasteiger partial charge in [0.25, 0.3) is 5.91 Å². The van der Waals surface area contributed by atoms with Gasteiger partial charge in [0.1, 0.15) is 0 Å². The van der Waals surface area contributed by atoms with Crippen molar-refractivity contribution in [1.29, 1.82) is 0 Å². The molecule has 2 N–H and O–H groups in total. The summed E-state index contributed by atoms with van der Waals surface area (Å²) in [5.74, 6) is -0.00355. The summed E-state index contributed by atoms with van der Waals surface area (Å²) in [6, 6.07) is 16.1. The molecule has 2 aromatic rings. The minimum Gasteiger partial charge on any atom is -0.373 e. The Morgan fingerprint density at radius 2 is 1.79 bits per heavy atom. The third-order valence-corrected chi connectivity index (χ3v) is 4.03. The van der Waals surface area contributed by atoms with Crippen molar-refractivity contribution in [1.82, 2.24) is 10.6 Å². The second-order valence-corrected chi connectivity index (χ2v) is 5.60. The average molecular weight is 368 g/mol. The third-order valence-electron chi connectivity index (χ3n) is 4.03. The monoisotopic (exact) mass is 367 g/mol. The molecule has 0 saturated carbocycles. The van der Waals surface area contributed by atoms with E-state index in [2.05, 4.69) is 27.7 Å². The van der Waals surface area contributed by atoms with Crippen molar-refractivity contribution >= 4 is 36.4 Å². The number of rotatable bonds is 5. The molecule has 2 aromatic carbocycles. The molecule has 0 atom stereocenters. The summed E-state index contributed by atoms with van der Waals surface area (Å²) in [6.45, 7) is 3.16. The lowest BCUT2D eigenvalue weighted by atomic mass is 10.1. The molecule has 130 valence electrons. The number of anilines is 1. The molecule has 0 fully saturated rings. The molecule has 3 rings (SSSR count). The highest BCUT2D eigenvalue weighted by Crippen LogP contribution is 2.17. The highest BCUT2D eigenvalue weighted by Gasteiger charge is 2.13. The Morgan fingerprint density at radius 1 is 1.08 bits per heavy atom. The zero-order chi connectivity index (χ0) is 15.4. The number of hydrogen-bond donors (Lipinski definition) is 2. The normalized spacial score (nSPS) is 11.7. The topological polar surface area (TPSA) is 44.4 Å². The number of likely N-dealkylation sites (N-methyl/N-ethyl adjacent to an activating group) is 1. The molecular weight excluding hydrogens is 345 g/mol. The Balaban J connectivity index is 0.00000144. The van der Waals surface area contributed by atoms with E-state index in [1.807, 2.05) is 43.4 Å². The van der Waals surface area contributed by atoms with Crippen LogP contribution >= 0.6 is 24.8 Å². The molecule has 4 nitrogen and oxygen atoms in total. The first-order chi connectivity index (χ1) is 10.7. The Labute approximate surface area is 155 Å². The van der Waals surface area contributed by atoms with E-state index in [1.54, 1.807) is 0 Å². The molecule has 0 aliphatic carbocycles. The van der Waals surface area contributed by atoms with Crippen LogP contribution in [0, 0.1) is 0 Å². The number of hydrogen-bond acceptors (Lipinski definition) is 3. The number of carbonyl (C=O) groups is 1. The van der Waals surface area contributed by atoms with Crippen molar-refractivity contribution in [3.8, 4) is 0 Å². The zero-order valence-electron chi connectivity index (χ0n) is 13.6. The van der Waals surface area contributed by atoms with E-state index in [0.29, 0.717) is 6.54 Å². The van der Waals surface area contributed by atoms with Crippen LogP contribution in [0.25, 0.3) is 0 Å². The van der Waals surface area contributed by atoms with Gasteiger partial charge in [-0.25, -0.2) is 0 Å². The van der Waals surface area contributed by atoms with Crippen LogP contribution in [0.2, 0.25) is 0 Å². The van der Waals surface area contributed by atoms with Crippen LogP contribution in [0.3, 0.4) is 0 Å². The van der Waals surface area contributed by atoms with E-state index < -0.39 is 0 Å². The van der Waals surface area contributed by atoms with Gasteiger partial charge < -0.3 is 15.5 Å². The Hall–Kier alpha value is -1.75. The summed E-state index contributed by atoms with van der Waals surface area (Å²) in [5, 5.41) is 6.28. The van der Waals surface area contributed by atoms with Gasteiger partial charge in [-0.2, -0.15) is 0 Å². The maximum atomic E-state index is 12.2. The number of nitrogens with one attached hydrogen (secondary N) is 2. The highest BCUT2D eigenvalue weighted by molar-refractivity contribution is 5.94. The number of fused-ring (bicyclic) bond motifs is 1. The Morgan fingerprint density at radius 3 is 2.54 bits per heavy atom. The second kappa shape index (κ2) is 9.52. The zero-order valence-corrected chi connectivity index (χ0v) is 15.3. The second-order valence-electron chi connectivity index (χ2n) is 5.60. The van der Waals surface area contributed by atoms with Gasteiger partial charge in [-0.1, -0.05) is 24.3 Å². The van der Waals surface area contributed by atoms with Gasteiger partial charge in [-0.3, -0.25) is 4.79 Å². The van der Waals surface area contributed by atoms with E-state index in [4.69, 9.17) is 0 Å². The molecule has 0 spiro atoms. The van der Waals surface area contributed by atoms with Crippen molar-refractivity contribution in [3.63, 3.8) is 0 Å². The Kier molecular flexibility index (Phi) is 8.05. The average Bonchev–Trinajstić information content (AvgIpc) is 3.03. The summed E-state index contributed by atoms with van der Waals surface area (Å²) in [5.41, 5.74) is 4.42. The van der Waals surface area contributed by atoms with Crippen LogP contribution in [-0.2, 0) is 13.1 Å². The molecule has 1 aliphatic rings. The molecule has 0 aromatic heterocycles. The Bertz CT molecular complexity index is 665. The largest absolute Gasteiger partial charge is 0.373 e. The van der Waals surface area contributed by atoms with Crippen LogP contribution in [0.4, 0.5) is 5.69 Å². The van der Waals surface area contributed by atoms with Gasteiger partial charge in [0.2, 0.25) is 0 Å². The quantitative estimate of drug-likeness (QED) is 0.853. The number of benzene rings is 2. The molecule has 1 amide bonds. The van der Waals surface area contributed by atoms with E-state index in [0.717, 1.165) is 30.9 Å². The van der Waals surface area contributed by atoms with Crippen molar-refractivity contribution < 1.29 is 4.79 Å². The predicted octanol–water partition coefficient (Wildman–Crippen LogP) is 3.00. The van der Waals surface area contributed by atoms with E-state index in [-0.39, 0.29) is 30.7 Å². The van der Waals surface area contributed by atoms with Crippen LogP contribution in [0.15, 0.2) is 48.5 Å². The molecule has 6 heteroatoms. The first kappa shape index (κ1) is 20.3. The van der Waals surface area contributed by atoms with Gasteiger partial charge in [0.05, 0.1) is 0 Å². The van der Waals surface area contributed by atoms with Crippen molar-refractivity contribution in [3.05, 3.63) is 65.2 Å². The molecule has 0 radical (unpaired) electrons. The molecule has 24 heavy (non-hydrogen) atoms. The van der Waals surface area contributed by atoms with Gasteiger partial charge in [-0.05, 0) is 35.4 Å². The smallest absolute Gasteiger partial charge is 0.251 e. The number of para-hydroxylation sites is 1. The predicted molar refractivity (Wildman–Crippen MR) is 104 cm³/mol. The number of carbonyl (C=O) groups excluding carboxylic acids is 1. The number of halogens is 2. The number of nitrogens with zero attached hydrogens (tertiary/aromatic N) is 1. The summed E-state index contributed by atoms with van der Waals surface area (Å²) < 4.78 is 0. The standard InChI is InChI=1S/C18H21N3O.2ClH/c1-21(17-5-3-2-4-6-17)10-9-20-18(22)14-7-8-15-12-19-13-16(15)11-14;;/h2-8,11,19H,9-10,12-13H2,1H3,(H,20,22);2*1H. The fourth-order valence-corrected chi connectivity index (χ4v) is 2.69. The van der Waals surface area contributed by atoms with Crippen molar-refractivity contribution in [2.45, 2.75) is 13.1 Å². The fraction of sp³-hybridized carbons (Fsp3) is 0.278. The SMILES string of the molecule is CN(CCNC(=O)c1ccc2c(c1)CNC2)c1ccccc1.Cl.Cl. The molecule has 0 unspecified atom stereocenters. The van der Waals surface area contributed by atoms with Gasteiger partial charge in [0, 0.05) is 44.5 Å². The minimum absolute atomic E-state index is 0. The lowest BCUT2D eigenvalue weighted by Gasteiger charge is -2.19. The molecular formula is C18H23Cl2N3O. The van der Waals surface area contributed by atoms with Crippen molar-refractivity contribution in [2.24, 2.45) is 0 Å². The molecule has 1 heterocycles. The summed E-state index contributed by atoms with van der Waals surface area (Å²) in [7, 11) is 2.03. The van der Waals surface area contributed by atoms with Crippen LogP contribution in [0.5, 0.6) is 0 Å². The highest BCUT2D eigenvalue weighted by atomic mass is 35.5. The van der Waals surface area contributed by atoms with Gasteiger partial charge >= 0.3 is 0 Å². The summed E-state index contributed by atoms with van der Waals surface area (Å²) in [6.07, 6.45) is 0. The maximum Gasteiger partial charge on any atom is 0.251 e. The third kappa shape index (κ3) is 4.87. The summed E-state index contributed by atoms with van der Waals surface area (Å²) in [4.78, 5) is 14.3. The lowest BCUT2D eigenvalue weighted by Crippen LogP contribution is -2.33. The summed E-state index contributed by atoms with van der Waals surface area (Å²) >= 11 is 0. The molecule has 0 saturated heterocycles. The minimum atomic E-state index is -0.00355. The molecule has 0 bridgehead atoms. The van der Waals surface area contributed by atoms with Crippen molar-refractivity contribution in [2.75, 3.05) is 25.0 Å². The number of amides is 1. The van der Waals surface area contributed by atoms with Crippen LogP contribution < -0.4 is 15.5 Å². The van der Waals surface area contributed by atoms with Gasteiger partial charge in [0.15, 0.2) is 0 Å². The fourth-order valence-electron chi connectivity index (χ4n) is 2.69. The van der Waals surface area contributed by atoms with Crippen LogP contribution in [-0.4, -0.2) is 26.0 Å². The van der Waals surface area contributed by atoms with E-state index >= 15 is 0 Å². The van der Waals surface area contributed by atoms with E-state index in [1.165, 1.54) is 11.1 Å². The maximum absolute atomic E-state index is 12.2. The van der Waals surface area contributed by atoms with Crippen LogP contribution in [0.1, 0.15) is 21.5 Å². The first-order valence-electron chi connectivity index (χ1n) is 7.61.